The molecule has 2 heterocycles. The van der Waals surface area contributed by atoms with E-state index in [1.807, 2.05) is 18.7 Å². The predicted octanol–water partition coefficient (Wildman–Crippen LogP) is 1.95. The van der Waals surface area contributed by atoms with E-state index in [4.69, 9.17) is 4.84 Å². The fraction of sp³-hybridized carbons (Fsp3) is 0.600. The Morgan fingerprint density at radius 2 is 2.07 bits per heavy atom. The first kappa shape index (κ1) is 21.2. The maximum absolute atomic E-state index is 12.9. The zero-order valence-corrected chi connectivity index (χ0v) is 17.4. The van der Waals surface area contributed by atoms with Gasteiger partial charge < -0.3 is 14.8 Å². The van der Waals surface area contributed by atoms with Gasteiger partial charge in [0.05, 0.1) is 12.5 Å². The molecular weight excluding hydrogens is 372 g/mol. The van der Waals surface area contributed by atoms with Gasteiger partial charge in [0.2, 0.25) is 11.4 Å². The van der Waals surface area contributed by atoms with Crippen molar-refractivity contribution >= 4 is 22.9 Å². The Kier molecular flexibility index (Phi) is 7.16. The van der Waals surface area contributed by atoms with Crippen LogP contribution in [-0.2, 0) is 4.84 Å². The molecular formula is C20H30N6O3. The number of aromatic nitrogens is 3. The molecule has 0 radical (unpaired) electrons. The predicted molar refractivity (Wildman–Crippen MR) is 112 cm³/mol. The minimum Gasteiger partial charge on any atom is -0.354 e. The van der Waals surface area contributed by atoms with Crippen molar-refractivity contribution in [2.45, 2.75) is 44.6 Å². The fourth-order valence-corrected chi connectivity index (χ4v) is 3.76. The van der Waals surface area contributed by atoms with Gasteiger partial charge in [-0.05, 0) is 39.9 Å². The number of nitrogens with one attached hydrogen (secondary N) is 2. The van der Waals surface area contributed by atoms with Crippen LogP contribution in [0.15, 0.2) is 17.2 Å². The van der Waals surface area contributed by atoms with Crippen LogP contribution in [-0.4, -0.2) is 59.6 Å². The number of hydrogen-bond donors (Lipinski definition) is 2. The Hall–Kier alpha value is -2.52. The summed E-state index contributed by atoms with van der Waals surface area (Å²) in [6.07, 6.45) is 9.55. The average molecular weight is 402 g/mol. The second kappa shape index (κ2) is 9.80. The van der Waals surface area contributed by atoms with Gasteiger partial charge in [-0.1, -0.05) is 19.3 Å². The van der Waals surface area contributed by atoms with Crippen LogP contribution in [0.2, 0.25) is 0 Å². The van der Waals surface area contributed by atoms with Gasteiger partial charge in [0.15, 0.2) is 0 Å². The molecule has 2 aromatic heterocycles. The molecule has 1 fully saturated rings. The topological polar surface area (TPSA) is 101 Å². The average Bonchev–Trinajstić information content (AvgIpc) is 2.72. The van der Waals surface area contributed by atoms with Crippen molar-refractivity contribution in [1.82, 2.24) is 24.9 Å². The highest BCUT2D eigenvalue weighted by molar-refractivity contribution is 5.96. The van der Waals surface area contributed by atoms with Crippen molar-refractivity contribution in [3.8, 4) is 0 Å². The number of carbonyl (C=O) groups is 1. The Bertz CT molecular complexity index is 905. The molecule has 9 heteroatoms. The molecule has 1 amide bonds. The molecule has 1 aliphatic carbocycles. The van der Waals surface area contributed by atoms with Crippen LogP contribution in [0, 0.1) is 0 Å². The lowest BCUT2D eigenvalue weighted by molar-refractivity contribution is 0.0535. The number of rotatable bonds is 8. The summed E-state index contributed by atoms with van der Waals surface area (Å²) < 4.78 is 1.98. The second-order valence-corrected chi connectivity index (χ2v) is 7.72. The number of fused-ring (bicyclic) bond motifs is 1. The second-order valence-electron chi connectivity index (χ2n) is 7.72. The van der Waals surface area contributed by atoms with Gasteiger partial charge in [-0.2, -0.15) is 4.98 Å². The summed E-state index contributed by atoms with van der Waals surface area (Å²) in [4.78, 5) is 41.0. The van der Waals surface area contributed by atoms with E-state index < -0.39 is 5.91 Å². The van der Waals surface area contributed by atoms with Gasteiger partial charge in [-0.15, -0.1) is 0 Å². The van der Waals surface area contributed by atoms with Crippen molar-refractivity contribution in [2.24, 2.45) is 0 Å². The number of carbonyl (C=O) groups excluding carboxylic acids is 1. The largest absolute Gasteiger partial charge is 0.354 e. The van der Waals surface area contributed by atoms with Crippen LogP contribution in [0.25, 0.3) is 11.0 Å². The van der Waals surface area contributed by atoms with Gasteiger partial charge >= 0.3 is 0 Å². The number of nitrogens with zero attached hydrogens (tertiary/aromatic N) is 4. The van der Waals surface area contributed by atoms with E-state index in [1.165, 1.54) is 19.7 Å². The number of amides is 1. The van der Waals surface area contributed by atoms with Crippen LogP contribution in [0.1, 0.15) is 54.9 Å². The third-order valence-corrected chi connectivity index (χ3v) is 5.24. The SMILES string of the molecule is CONC(=O)c1cn(C2CCCCC2)c2nc(NCCCN(C)C)ncc2c1=O. The van der Waals surface area contributed by atoms with Crippen LogP contribution in [0.5, 0.6) is 0 Å². The molecule has 1 aliphatic rings. The van der Waals surface area contributed by atoms with Crippen LogP contribution in [0.4, 0.5) is 5.95 Å². The van der Waals surface area contributed by atoms with Gasteiger partial charge in [0, 0.05) is 25.0 Å². The van der Waals surface area contributed by atoms with Crippen molar-refractivity contribution < 1.29 is 9.63 Å². The molecule has 0 aromatic carbocycles. The van der Waals surface area contributed by atoms with Crippen molar-refractivity contribution in [2.75, 3.05) is 39.6 Å². The minimum absolute atomic E-state index is 0.0419. The van der Waals surface area contributed by atoms with Crippen LogP contribution < -0.4 is 16.2 Å². The Morgan fingerprint density at radius 3 is 2.76 bits per heavy atom. The van der Waals surface area contributed by atoms with E-state index in [9.17, 15) is 9.59 Å². The summed E-state index contributed by atoms with van der Waals surface area (Å²) in [6, 6.07) is 0.206. The van der Waals surface area contributed by atoms with Gasteiger partial charge in [0.1, 0.15) is 11.2 Å². The molecule has 1 saturated carbocycles. The fourth-order valence-electron chi connectivity index (χ4n) is 3.76. The molecule has 9 nitrogen and oxygen atoms in total. The molecule has 29 heavy (non-hydrogen) atoms. The number of pyridine rings is 1. The molecule has 0 saturated heterocycles. The van der Waals surface area contributed by atoms with Crippen molar-refractivity contribution in [3.63, 3.8) is 0 Å². The third-order valence-electron chi connectivity index (χ3n) is 5.24. The van der Waals surface area contributed by atoms with Crippen molar-refractivity contribution in [3.05, 3.63) is 28.2 Å². The molecule has 0 aliphatic heterocycles. The maximum Gasteiger partial charge on any atom is 0.280 e. The van der Waals surface area contributed by atoms with Gasteiger partial charge in [-0.25, -0.2) is 10.5 Å². The standard InChI is InChI=1S/C20H30N6O3/c1-25(2)11-7-10-21-20-22-12-15-17(27)16(19(28)24-29-3)13-26(18(15)23-20)14-8-5-4-6-9-14/h12-14H,4-11H2,1-3H3,(H,24,28)(H,21,22,23). The summed E-state index contributed by atoms with van der Waals surface area (Å²) in [5.41, 5.74) is 2.47. The number of hydrogen-bond acceptors (Lipinski definition) is 7. The van der Waals surface area contributed by atoms with E-state index in [0.717, 1.165) is 45.2 Å². The van der Waals surface area contributed by atoms with E-state index in [0.29, 0.717) is 17.0 Å². The monoisotopic (exact) mass is 402 g/mol. The lowest BCUT2D eigenvalue weighted by Gasteiger charge is -2.26. The lowest BCUT2D eigenvalue weighted by Crippen LogP contribution is -2.30. The van der Waals surface area contributed by atoms with Crippen LogP contribution in [0.3, 0.4) is 0 Å². The lowest BCUT2D eigenvalue weighted by atomic mass is 9.95. The number of anilines is 1. The van der Waals surface area contributed by atoms with Crippen molar-refractivity contribution in [1.29, 1.82) is 0 Å². The Morgan fingerprint density at radius 1 is 1.31 bits per heavy atom. The highest BCUT2D eigenvalue weighted by atomic mass is 16.6. The normalized spacial score (nSPS) is 15.0. The summed E-state index contributed by atoms with van der Waals surface area (Å²) in [6.45, 7) is 1.71. The summed E-state index contributed by atoms with van der Waals surface area (Å²) >= 11 is 0. The molecule has 158 valence electrons. The Balaban J connectivity index is 1.99. The van der Waals surface area contributed by atoms with E-state index in [1.54, 1.807) is 6.20 Å². The quantitative estimate of drug-likeness (QED) is 0.514. The molecule has 3 rings (SSSR count). The van der Waals surface area contributed by atoms with E-state index in [-0.39, 0.29) is 17.0 Å². The summed E-state index contributed by atoms with van der Waals surface area (Å²) in [5, 5.41) is 3.58. The first-order chi connectivity index (χ1) is 14.0. The zero-order chi connectivity index (χ0) is 20.8. The number of hydroxylamine groups is 1. The first-order valence-electron chi connectivity index (χ1n) is 10.1. The summed E-state index contributed by atoms with van der Waals surface area (Å²) in [7, 11) is 5.41. The summed E-state index contributed by atoms with van der Waals surface area (Å²) in [5.74, 6) is -0.0656. The molecule has 2 N–H and O–H groups in total. The molecule has 2 aromatic rings. The molecule has 0 unspecified atom stereocenters. The molecule has 0 spiro atoms. The third kappa shape index (κ3) is 5.10. The Labute approximate surface area is 170 Å². The van der Waals surface area contributed by atoms with E-state index >= 15 is 0 Å². The zero-order valence-electron chi connectivity index (χ0n) is 17.4. The van der Waals surface area contributed by atoms with E-state index in [2.05, 4.69) is 25.7 Å². The smallest absolute Gasteiger partial charge is 0.280 e. The van der Waals surface area contributed by atoms with Gasteiger partial charge in [0.25, 0.3) is 5.91 Å². The highest BCUT2D eigenvalue weighted by Gasteiger charge is 2.22. The molecule has 0 bridgehead atoms. The first-order valence-corrected chi connectivity index (χ1v) is 10.1. The molecule has 0 atom stereocenters. The minimum atomic E-state index is -0.560. The van der Waals surface area contributed by atoms with Crippen LogP contribution >= 0.6 is 0 Å². The van der Waals surface area contributed by atoms with Gasteiger partial charge in [-0.3, -0.25) is 14.4 Å². The highest BCUT2D eigenvalue weighted by Crippen LogP contribution is 2.30. The maximum atomic E-state index is 12.9.